The maximum Gasteiger partial charge on any atom is 0 e. The topological polar surface area (TPSA) is 17.1 Å². The van der Waals surface area contributed by atoms with E-state index in [0.717, 1.165) is 20.4 Å². The van der Waals surface area contributed by atoms with Crippen molar-refractivity contribution >= 4 is 17.4 Å². The zero-order valence-corrected chi connectivity index (χ0v) is 6.13. The third-order valence-corrected chi connectivity index (χ3v) is 0. The van der Waals surface area contributed by atoms with Crippen molar-refractivity contribution in [2.75, 3.05) is 0 Å². The Hall–Kier alpha value is 1.79. The van der Waals surface area contributed by atoms with Crippen molar-refractivity contribution in [3.8, 4) is 0 Å². The van der Waals surface area contributed by atoms with Crippen LogP contribution in [0.1, 0.15) is 0 Å². The molecule has 4 heteroatoms. The van der Waals surface area contributed by atoms with Crippen molar-refractivity contribution in [1.82, 2.24) is 0 Å². The molecule has 0 unspecified atom stereocenters. The second kappa shape index (κ2) is 21.5. The summed E-state index contributed by atoms with van der Waals surface area (Å²) >= 11 is 0.750. The molecule has 0 fully saturated rings. The van der Waals surface area contributed by atoms with Gasteiger partial charge in [-0.05, 0) is 0 Å². The Kier molecular flexibility index (Phi) is 91.8. The van der Waals surface area contributed by atoms with Crippen LogP contribution in [-0.4, -0.2) is 17.4 Å². The zero-order chi connectivity index (χ0) is 2.00. The summed E-state index contributed by atoms with van der Waals surface area (Å²) in [6.45, 7) is 0. The van der Waals surface area contributed by atoms with Gasteiger partial charge < -0.3 is 0 Å². The molecule has 0 aromatic rings. The minimum Gasteiger partial charge on any atom is 0 e. The first-order valence-electron chi connectivity index (χ1n) is 0.204. The Labute approximate surface area is 62.9 Å². The first kappa shape index (κ1) is 17.1. The second-order valence-electron chi connectivity index (χ2n) is 0. The fourth-order valence-electron chi connectivity index (χ4n) is 0. The van der Waals surface area contributed by atoms with Gasteiger partial charge >= 0.3 is 23.7 Å². The molecular weight excluding hydrogens is 272 g/mol. The van der Waals surface area contributed by atoms with Gasteiger partial charge in [-0.1, -0.05) is 0 Å². The predicted octanol–water partition coefficient (Wildman–Crippen LogP) is -1.31. The van der Waals surface area contributed by atoms with E-state index < -0.39 is 0 Å². The largest absolute Gasteiger partial charge is 0 e. The minimum atomic E-state index is 0. The first-order valence-corrected chi connectivity index (χ1v) is 0.842. The zero-order valence-electron chi connectivity index (χ0n) is 1.36. The van der Waals surface area contributed by atoms with E-state index in [-0.39, 0.29) is 39.7 Å². The molecule has 0 aliphatic rings. The SMILES string of the molecule is [AlH3].[O]=[Ti].[Ta]. The molecule has 0 saturated carbocycles. The fraction of sp³-hybridized carbons (Fsp3) is 0. The van der Waals surface area contributed by atoms with Gasteiger partial charge in [0.15, 0.2) is 17.4 Å². The Morgan fingerprint density at radius 2 is 1.25 bits per heavy atom. The van der Waals surface area contributed by atoms with Crippen LogP contribution in [0.2, 0.25) is 0 Å². The summed E-state index contributed by atoms with van der Waals surface area (Å²) in [7, 11) is 0. The Bertz CT molecular complexity index is 8.00. The maximum atomic E-state index is 8.25. The van der Waals surface area contributed by atoms with Crippen LogP contribution in [0.25, 0.3) is 0 Å². The molecule has 0 heterocycles. The van der Waals surface area contributed by atoms with E-state index in [9.17, 15) is 0 Å². The molecule has 0 aliphatic heterocycles. The molecule has 0 N–H and O–H groups in total. The molecule has 0 saturated heterocycles. The summed E-state index contributed by atoms with van der Waals surface area (Å²) in [5, 5.41) is 0. The minimum absolute atomic E-state index is 0. The van der Waals surface area contributed by atoms with Gasteiger partial charge in [-0.25, -0.2) is 0 Å². The molecule has 0 atom stereocenters. The van der Waals surface area contributed by atoms with E-state index in [0.29, 0.717) is 0 Å². The molecule has 1 nitrogen and oxygen atoms in total. The summed E-state index contributed by atoms with van der Waals surface area (Å²) in [5.41, 5.74) is 0. The molecular formula is H3AlOTaTi. The van der Waals surface area contributed by atoms with E-state index >= 15 is 0 Å². The number of rotatable bonds is 0. The van der Waals surface area contributed by atoms with Crippen LogP contribution in [0.4, 0.5) is 0 Å². The van der Waals surface area contributed by atoms with Crippen LogP contribution >= 0.6 is 0 Å². The molecule has 0 aromatic carbocycles. The summed E-state index contributed by atoms with van der Waals surface area (Å²) in [4.78, 5) is 0. The monoisotopic (exact) mass is 275 g/mol. The fourth-order valence-corrected chi connectivity index (χ4v) is 0. The molecule has 0 amide bonds. The molecule has 0 aromatic heterocycles. The standard InChI is InChI=1S/Al.O.Ta.Ti.3H. The van der Waals surface area contributed by atoms with E-state index in [2.05, 4.69) is 0 Å². The van der Waals surface area contributed by atoms with Gasteiger partial charge in [0.1, 0.15) is 0 Å². The van der Waals surface area contributed by atoms with Gasteiger partial charge in [0.2, 0.25) is 0 Å². The maximum absolute atomic E-state index is 8.25. The van der Waals surface area contributed by atoms with Crippen LogP contribution < -0.4 is 0 Å². The van der Waals surface area contributed by atoms with Gasteiger partial charge in [0.05, 0.1) is 0 Å². The van der Waals surface area contributed by atoms with Gasteiger partial charge in [0.25, 0.3) is 0 Å². The van der Waals surface area contributed by atoms with Crippen molar-refractivity contribution in [3.05, 3.63) is 0 Å². The molecule has 0 rings (SSSR count). The quantitative estimate of drug-likeness (QED) is 0.502. The van der Waals surface area contributed by atoms with Gasteiger partial charge in [-0.15, -0.1) is 0 Å². The van der Waals surface area contributed by atoms with Crippen molar-refractivity contribution < 1.29 is 46.1 Å². The third-order valence-electron chi connectivity index (χ3n) is 0. The van der Waals surface area contributed by atoms with E-state index in [1.807, 2.05) is 0 Å². The molecule has 0 bridgehead atoms. The predicted molar refractivity (Wildman–Crippen MR) is 10.6 cm³/mol. The van der Waals surface area contributed by atoms with Crippen molar-refractivity contribution in [3.63, 3.8) is 0 Å². The number of hydrogen-bond acceptors (Lipinski definition) is 1. The van der Waals surface area contributed by atoms with E-state index in [4.69, 9.17) is 3.32 Å². The van der Waals surface area contributed by atoms with Gasteiger partial charge in [-0.3, -0.25) is 0 Å². The van der Waals surface area contributed by atoms with Gasteiger partial charge in [-0.2, -0.15) is 0 Å². The molecule has 0 aliphatic carbocycles. The summed E-state index contributed by atoms with van der Waals surface area (Å²) in [6, 6.07) is 0. The molecule has 1 radical (unpaired) electrons. The van der Waals surface area contributed by atoms with Gasteiger partial charge in [0, 0.05) is 22.4 Å². The average molecular weight is 275 g/mol. The summed E-state index contributed by atoms with van der Waals surface area (Å²) in [5.74, 6) is 0. The Morgan fingerprint density at radius 1 is 1.25 bits per heavy atom. The first-order chi connectivity index (χ1) is 1.00. The molecule has 0 spiro atoms. The molecule has 4 heavy (non-hydrogen) atoms. The Balaban J connectivity index is -0.00000000500. The van der Waals surface area contributed by atoms with E-state index in [1.54, 1.807) is 0 Å². The van der Waals surface area contributed by atoms with Crippen LogP contribution in [0.15, 0.2) is 0 Å². The van der Waals surface area contributed by atoms with Crippen molar-refractivity contribution in [1.29, 1.82) is 0 Å². The average Bonchev–Trinajstić information content (AvgIpc) is 1.00. The van der Waals surface area contributed by atoms with E-state index in [1.165, 1.54) is 0 Å². The normalized spacial score (nSPS) is 0.750. The van der Waals surface area contributed by atoms with Crippen LogP contribution in [-0.2, 0) is 46.1 Å². The van der Waals surface area contributed by atoms with Crippen molar-refractivity contribution in [2.45, 2.75) is 0 Å². The number of hydrogen-bond donors (Lipinski definition) is 0. The van der Waals surface area contributed by atoms with Crippen LogP contribution in [0.3, 0.4) is 0 Å². The summed E-state index contributed by atoms with van der Waals surface area (Å²) < 4.78 is 8.25. The smallest absolute Gasteiger partial charge is 0 e. The van der Waals surface area contributed by atoms with Crippen LogP contribution in [0.5, 0.6) is 0 Å². The van der Waals surface area contributed by atoms with Crippen molar-refractivity contribution in [2.24, 2.45) is 0 Å². The molecule has 21 valence electrons. The van der Waals surface area contributed by atoms with Crippen LogP contribution in [0, 0.1) is 0 Å². The Morgan fingerprint density at radius 3 is 1.25 bits per heavy atom. The second-order valence-corrected chi connectivity index (χ2v) is 0. The summed E-state index contributed by atoms with van der Waals surface area (Å²) in [6.07, 6.45) is 0. The third kappa shape index (κ3) is 9.21.